The number of rotatable bonds is 5. The van der Waals surface area contributed by atoms with Gasteiger partial charge in [0.1, 0.15) is 5.75 Å². The Morgan fingerprint density at radius 2 is 1.72 bits per heavy atom. The van der Waals surface area contributed by atoms with Crippen LogP contribution in [0.4, 0.5) is 5.69 Å². The molecular formula is C25H26N2O2. The van der Waals surface area contributed by atoms with Gasteiger partial charge in [0.05, 0.1) is 7.11 Å². The molecule has 0 bridgehead atoms. The monoisotopic (exact) mass is 386 g/mol. The van der Waals surface area contributed by atoms with E-state index in [2.05, 4.69) is 40.5 Å². The Morgan fingerprint density at radius 3 is 2.48 bits per heavy atom. The number of piperidine rings is 1. The molecule has 3 aromatic carbocycles. The van der Waals surface area contributed by atoms with Crippen molar-refractivity contribution in [3.8, 4) is 5.75 Å². The number of amides is 1. The minimum absolute atomic E-state index is 0.0270. The molecule has 148 valence electrons. The second-order valence-electron chi connectivity index (χ2n) is 7.37. The summed E-state index contributed by atoms with van der Waals surface area (Å²) >= 11 is 0. The van der Waals surface area contributed by atoms with Gasteiger partial charge in [-0.05, 0) is 59.5 Å². The van der Waals surface area contributed by atoms with Crippen molar-refractivity contribution in [1.29, 1.82) is 0 Å². The molecule has 0 saturated carbocycles. The highest BCUT2D eigenvalue weighted by Gasteiger charge is 2.20. The lowest BCUT2D eigenvalue weighted by Crippen LogP contribution is -2.44. The molecule has 29 heavy (non-hydrogen) atoms. The summed E-state index contributed by atoms with van der Waals surface area (Å²) in [6.07, 6.45) is 5.45. The Morgan fingerprint density at radius 1 is 1.00 bits per heavy atom. The lowest BCUT2D eigenvalue weighted by atomic mass is 10.0. The Hall–Kier alpha value is -3.27. The van der Waals surface area contributed by atoms with Crippen LogP contribution >= 0.6 is 0 Å². The lowest BCUT2D eigenvalue weighted by Gasteiger charge is -2.33. The third kappa shape index (κ3) is 4.60. The van der Waals surface area contributed by atoms with Crippen molar-refractivity contribution < 1.29 is 9.53 Å². The van der Waals surface area contributed by atoms with Crippen molar-refractivity contribution in [2.45, 2.75) is 18.9 Å². The molecular weight excluding hydrogens is 360 g/mol. The van der Waals surface area contributed by atoms with Gasteiger partial charge in [0.15, 0.2) is 0 Å². The SMILES string of the molecule is COc1ccc(N2CCC(NC(=O)/C=C/c3cccc4ccccc34)CC2)cc1. The van der Waals surface area contributed by atoms with Crippen LogP contribution in [0.5, 0.6) is 5.75 Å². The number of methoxy groups -OCH3 is 1. The van der Waals surface area contributed by atoms with Crippen LogP contribution in [0.3, 0.4) is 0 Å². The number of ether oxygens (including phenoxy) is 1. The maximum atomic E-state index is 12.4. The molecule has 1 amide bonds. The predicted molar refractivity (Wildman–Crippen MR) is 119 cm³/mol. The van der Waals surface area contributed by atoms with Gasteiger partial charge in [-0.1, -0.05) is 42.5 Å². The van der Waals surface area contributed by atoms with Gasteiger partial charge >= 0.3 is 0 Å². The molecule has 0 aliphatic carbocycles. The summed E-state index contributed by atoms with van der Waals surface area (Å²) in [7, 11) is 1.68. The molecule has 0 atom stereocenters. The average Bonchev–Trinajstić information content (AvgIpc) is 2.78. The maximum Gasteiger partial charge on any atom is 0.244 e. The van der Waals surface area contributed by atoms with E-state index in [9.17, 15) is 4.79 Å². The first kappa shape index (κ1) is 19.1. The van der Waals surface area contributed by atoms with Crippen molar-refractivity contribution in [3.63, 3.8) is 0 Å². The van der Waals surface area contributed by atoms with Crippen LogP contribution in [-0.2, 0) is 4.79 Å². The zero-order chi connectivity index (χ0) is 20.1. The molecule has 0 spiro atoms. The predicted octanol–water partition coefficient (Wildman–Crippen LogP) is 4.65. The lowest BCUT2D eigenvalue weighted by molar-refractivity contribution is -0.117. The molecule has 0 aromatic heterocycles. The fourth-order valence-corrected chi connectivity index (χ4v) is 3.89. The number of benzene rings is 3. The normalized spacial score (nSPS) is 15.0. The molecule has 0 radical (unpaired) electrons. The molecule has 4 rings (SSSR count). The summed E-state index contributed by atoms with van der Waals surface area (Å²) < 4.78 is 5.22. The average molecular weight is 386 g/mol. The standard InChI is InChI=1S/C25H26N2O2/c1-29-23-12-10-22(11-13-23)27-17-15-21(16-18-27)26-25(28)14-9-20-7-4-6-19-5-2-3-8-24(19)20/h2-14,21H,15-18H2,1H3,(H,26,28)/b14-9+. The van der Waals surface area contributed by atoms with E-state index in [0.29, 0.717) is 0 Å². The topological polar surface area (TPSA) is 41.6 Å². The van der Waals surface area contributed by atoms with Gasteiger partial charge in [-0.2, -0.15) is 0 Å². The van der Waals surface area contributed by atoms with Gasteiger partial charge in [-0.25, -0.2) is 0 Å². The molecule has 1 N–H and O–H groups in total. The Labute approximate surface area is 171 Å². The van der Waals surface area contributed by atoms with Gasteiger partial charge in [0.25, 0.3) is 0 Å². The number of carbonyl (C=O) groups is 1. The summed E-state index contributed by atoms with van der Waals surface area (Å²) in [6, 6.07) is 22.7. The van der Waals surface area contributed by atoms with Crippen molar-refractivity contribution in [2.24, 2.45) is 0 Å². The summed E-state index contributed by atoms with van der Waals surface area (Å²) in [5.74, 6) is 0.842. The number of hydrogen-bond acceptors (Lipinski definition) is 3. The van der Waals surface area contributed by atoms with Crippen LogP contribution in [0.1, 0.15) is 18.4 Å². The van der Waals surface area contributed by atoms with E-state index in [0.717, 1.165) is 42.6 Å². The molecule has 1 aliphatic rings. The number of nitrogens with zero attached hydrogens (tertiary/aromatic N) is 1. The van der Waals surface area contributed by atoms with Crippen LogP contribution in [0.15, 0.2) is 72.8 Å². The molecule has 1 saturated heterocycles. The highest BCUT2D eigenvalue weighted by Crippen LogP contribution is 2.23. The second-order valence-corrected chi connectivity index (χ2v) is 7.37. The van der Waals surface area contributed by atoms with Crippen LogP contribution in [0.2, 0.25) is 0 Å². The number of carbonyl (C=O) groups excluding carboxylic acids is 1. The Balaban J connectivity index is 1.32. The molecule has 1 aliphatic heterocycles. The van der Waals surface area contributed by atoms with Gasteiger partial charge in [0, 0.05) is 30.9 Å². The molecule has 4 nitrogen and oxygen atoms in total. The highest BCUT2D eigenvalue weighted by molar-refractivity contribution is 5.96. The Bertz CT molecular complexity index is 998. The second kappa shape index (κ2) is 8.82. The van der Waals surface area contributed by atoms with E-state index in [-0.39, 0.29) is 11.9 Å². The molecule has 1 fully saturated rings. The van der Waals surface area contributed by atoms with Crippen molar-refractivity contribution in [1.82, 2.24) is 5.32 Å². The van der Waals surface area contributed by atoms with E-state index in [1.54, 1.807) is 13.2 Å². The van der Waals surface area contributed by atoms with Gasteiger partial charge in [0.2, 0.25) is 5.91 Å². The largest absolute Gasteiger partial charge is 0.497 e. The van der Waals surface area contributed by atoms with E-state index in [4.69, 9.17) is 4.74 Å². The summed E-state index contributed by atoms with van der Waals surface area (Å²) in [5.41, 5.74) is 2.26. The smallest absolute Gasteiger partial charge is 0.244 e. The minimum Gasteiger partial charge on any atom is -0.497 e. The van der Waals surface area contributed by atoms with Crippen molar-refractivity contribution >= 4 is 28.4 Å². The first-order valence-electron chi connectivity index (χ1n) is 10.1. The Kier molecular flexibility index (Phi) is 5.80. The van der Waals surface area contributed by atoms with Crippen LogP contribution in [0.25, 0.3) is 16.8 Å². The third-order valence-corrected chi connectivity index (χ3v) is 5.52. The van der Waals surface area contributed by atoms with Crippen molar-refractivity contribution in [2.75, 3.05) is 25.1 Å². The van der Waals surface area contributed by atoms with Crippen molar-refractivity contribution in [3.05, 3.63) is 78.4 Å². The minimum atomic E-state index is -0.0270. The molecule has 0 unspecified atom stereocenters. The number of anilines is 1. The summed E-state index contributed by atoms with van der Waals surface area (Å²) in [4.78, 5) is 14.8. The van der Waals surface area contributed by atoms with Gasteiger partial charge < -0.3 is 15.0 Å². The van der Waals surface area contributed by atoms with Gasteiger partial charge in [-0.3, -0.25) is 4.79 Å². The first-order chi connectivity index (χ1) is 14.2. The number of hydrogen-bond donors (Lipinski definition) is 1. The van der Waals surface area contributed by atoms with Crippen LogP contribution in [-0.4, -0.2) is 32.1 Å². The highest BCUT2D eigenvalue weighted by atomic mass is 16.5. The van der Waals surface area contributed by atoms with E-state index in [1.807, 2.05) is 42.5 Å². The molecule has 4 heteroatoms. The number of nitrogens with one attached hydrogen (secondary N) is 1. The van der Waals surface area contributed by atoms with E-state index in [1.165, 1.54) is 11.1 Å². The molecule has 3 aromatic rings. The summed E-state index contributed by atoms with van der Waals surface area (Å²) in [5, 5.41) is 5.50. The molecule has 1 heterocycles. The van der Waals surface area contributed by atoms with E-state index >= 15 is 0 Å². The maximum absolute atomic E-state index is 12.4. The summed E-state index contributed by atoms with van der Waals surface area (Å²) in [6.45, 7) is 1.87. The fourth-order valence-electron chi connectivity index (χ4n) is 3.89. The zero-order valence-electron chi connectivity index (χ0n) is 16.7. The van der Waals surface area contributed by atoms with Crippen LogP contribution < -0.4 is 15.0 Å². The zero-order valence-corrected chi connectivity index (χ0v) is 16.7. The van der Waals surface area contributed by atoms with Gasteiger partial charge in [-0.15, -0.1) is 0 Å². The van der Waals surface area contributed by atoms with Crippen LogP contribution in [0, 0.1) is 0 Å². The quantitative estimate of drug-likeness (QED) is 0.649. The van der Waals surface area contributed by atoms with E-state index < -0.39 is 0 Å². The number of fused-ring (bicyclic) bond motifs is 1. The first-order valence-corrected chi connectivity index (χ1v) is 10.1. The third-order valence-electron chi connectivity index (χ3n) is 5.52. The fraction of sp³-hybridized carbons (Fsp3) is 0.240.